The standard InChI is InChI=1S/C11H15FN2O3/c1-2-13(6-7-15)8-9-4-3-5-10(11(9)12)14(16)17/h3-5,15H,2,6-8H2,1H3. The molecule has 5 nitrogen and oxygen atoms in total. The molecule has 0 bridgehead atoms. The van der Waals surface area contributed by atoms with Crippen LogP contribution < -0.4 is 0 Å². The third-order valence-electron chi connectivity index (χ3n) is 2.51. The fourth-order valence-corrected chi connectivity index (χ4v) is 1.56. The molecule has 0 saturated carbocycles. The molecule has 1 rings (SSSR count). The molecule has 17 heavy (non-hydrogen) atoms. The van der Waals surface area contributed by atoms with Crippen molar-refractivity contribution in [2.45, 2.75) is 13.5 Å². The number of hydrogen-bond donors (Lipinski definition) is 1. The number of nitro benzene ring substituents is 1. The number of aliphatic hydroxyl groups excluding tert-OH is 1. The number of nitro groups is 1. The smallest absolute Gasteiger partial charge is 0.305 e. The van der Waals surface area contributed by atoms with Crippen molar-refractivity contribution < 1.29 is 14.4 Å². The first-order valence-electron chi connectivity index (χ1n) is 5.35. The highest BCUT2D eigenvalue weighted by Gasteiger charge is 2.18. The van der Waals surface area contributed by atoms with Crippen molar-refractivity contribution in [1.82, 2.24) is 4.90 Å². The van der Waals surface area contributed by atoms with Gasteiger partial charge in [-0.15, -0.1) is 0 Å². The summed E-state index contributed by atoms with van der Waals surface area (Å²) in [7, 11) is 0. The van der Waals surface area contributed by atoms with Crippen molar-refractivity contribution in [2.24, 2.45) is 0 Å². The van der Waals surface area contributed by atoms with Crippen LogP contribution in [0.2, 0.25) is 0 Å². The molecule has 6 heteroatoms. The molecule has 0 atom stereocenters. The summed E-state index contributed by atoms with van der Waals surface area (Å²) in [6, 6.07) is 4.12. The Morgan fingerprint density at radius 1 is 1.53 bits per heavy atom. The predicted molar refractivity (Wildman–Crippen MR) is 61.1 cm³/mol. The second-order valence-electron chi connectivity index (χ2n) is 3.60. The minimum absolute atomic E-state index is 0.0234. The van der Waals surface area contributed by atoms with Crippen LogP contribution in [0.25, 0.3) is 0 Å². The van der Waals surface area contributed by atoms with Crippen molar-refractivity contribution in [2.75, 3.05) is 19.7 Å². The van der Waals surface area contributed by atoms with Crippen LogP contribution in [-0.2, 0) is 6.54 Å². The van der Waals surface area contributed by atoms with Crippen molar-refractivity contribution in [3.63, 3.8) is 0 Å². The third-order valence-corrected chi connectivity index (χ3v) is 2.51. The molecule has 0 unspecified atom stereocenters. The molecule has 0 heterocycles. The molecule has 0 fully saturated rings. The van der Waals surface area contributed by atoms with Gasteiger partial charge in [-0.25, -0.2) is 0 Å². The van der Waals surface area contributed by atoms with Gasteiger partial charge in [-0.2, -0.15) is 4.39 Å². The topological polar surface area (TPSA) is 66.6 Å². The number of halogens is 1. The maximum atomic E-state index is 13.7. The van der Waals surface area contributed by atoms with Gasteiger partial charge in [0.1, 0.15) is 0 Å². The molecule has 0 saturated heterocycles. The monoisotopic (exact) mass is 242 g/mol. The van der Waals surface area contributed by atoms with E-state index < -0.39 is 16.4 Å². The summed E-state index contributed by atoms with van der Waals surface area (Å²) in [5.74, 6) is -0.797. The fourth-order valence-electron chi connectivity index (χ4n) is 1.56. The first-order chi connectivity index (χ1) is 8.10. The SMILES string of the molecule is CCN(CCO)Cc1cccc([N+](=O)[O-])c1F. The van der Waals surface area contributed by atoms with Crippen molar-refractivity contribution >= 4 is 5.69 Å². The van der Waals surface area contributed by atoms with Gasteiger partial charge in [-0.3, -0.25) is 15.0 Å². The Labute approximate surface area is 98.6 Å². The average Bonchev–Trinajstić information content (AvgIpc) is 2.30. The average molecular weight is 242 g/mol. The summed E-state index contributed by atoms with van der Waals surface area (Å²) < 4.78 is 13.7. The van der Waals surface area contributed by atoms with Crippen LogP contribution in [0.1, 0.15) is 12.5 Å². The molecular formula is C11H15FN2O3. The van der Waals surface area contributed by atoms with Gasteiger partial charge in [-0.05, 0) is 6.54 Å². The number of hydrogen-bond acceptors (Lipinski definition) is 4. The number of rotatable bonds is 6. The Morgan fingerprint density at radius 3 is 2.76 bits per heavy atom. The number of likely N-dealkylation sites (N-methyl/N-ethyl adjacent to an activating group) is 1. The Bertz CT molecular complexity index is 398. The Morgan fingerprint density at radius 2 is 2.24 bits per heavy atom. The molecule has 0 radical (unpaired) electrons. The molecular weight excluding hydrogens is 227 g/mol. The first kappa shape index (κ1) is 13.5. The van der Waals surface area contributed by atoms with Gasteiger partial charge < -0.3 is 5.11 Å². The van der Waals surface area contributed by atoms with Gasteiger partial charge in [0.05, 0.1) is 11.5 Å². The first-order valence-corrected chi connectivity index (χ1v) is 5.35. The van der Waals surface area contributed by atoms with Crippen molar-refractivity contribution in [3.8, 4) is 0 Å². The van der Waals surface area contributed by atoms with E-state index in [0.29, 0.717) is 13.1 Å². The van der Waals surface area contributed by atoms with Crippen LogP contribution in [0, 0.1) is 15.9 Å². The largest absolute Gasteiger partial charge is 0.395 e. The zero-order valence-electron chi connectivity index (χ0n) is 9.60. The lowest BCUT2D eigenvalue weighted by Gasteiger charge is -2.19. The molecule has 0 amide bonds. The second-order valence-corrected chi connectivity index (χ2v) is 3.60. The minimum atomic E-state index is -0.797. The highest BCUT2D eigenvalue weighted by atomic mass is 19.1. The highest BCUT2D eigenvalue weighted by molar-refractivity contribution is 5.36. The molecule has 0 aliphatic heterocycles. The summed E-state index contributed by atoms with van der Waals surface area (Å²) in [6.45, 7) is 3.17. The van der Waals surface area contributed by atoms with Crippen LogP contribution in [0.15, 0.2) is 18.2 Å². The highest BCUT2D eigenvalue weighted by Crippen LogP contribution is 2.21. The molecule has 94 valence electrons. The van der Waals surface area contributed by atoms with Gasteiger partial charge in [0.25, 0.3) is 0 Å². The maximum Gasteiger partial charge on any atom is 0.305 e. The summed E-state index contributed by atoms with van der Waals surface area (Å²) in [5, 5.41) is 19.4. The molecule has 1 aromatic carbocycles. The minimum Gasteiger partial charge on any atom is -0.395 e. The van der Waals surface area contributed by atoms with Crippen LogP contribution >= 0.6 is 0 Å². The van der Waals surface area contributed by atoms with Crippen molar-refractivity contribution in [1.29, 1.82) is 0 Å². The van der Waals surface area contributed by atoms with Crippen molar-refractivity contribution in [3.05, 3.63) is 39.7 Å². The van der Waals surface area contributed by atoms with Gasteiger partial charge in [-0.1, -0.05) is 19.1 Å². The lowest BCUT2D eigenvalue weighted by Crippen LogP contribution is -2.26. The molecule has 1 aromatic rings. The Kier molecular flexibility index (Phi) is 4.99. The predicted octanol–water partition coefficient (Wildman–Crippen LogP) is 1.55. The van der Waals surface area contributed by atoms with Gasteiger partial charge in [0.2, 0.25) is 5.82 Å². The van der Waals surface area contributed by atoms with Gasteiger partial charge >= 0.3 is 5.69 Å². The maximum absolute atomic E-state index is 13.7. The van der Waals surface area contributed by atoms with Crippen LogP contribution in [0.4, 0.5) is 10.1 Å². The summed E-state index contributed by atoms with van der Waals surface area (Å²) in [6.07, 6.45) is 0. The molecule has 0 aromatic heterocycles. The quantitative estimate of drug-likeness (QED) is 0.607. The van der Waals surface area contributed by atoms with E-state index in [1.165, 1.54) is 12.1 Å². The van der Waals surface area contributed by atoms with Gasteiger partial charge in [0, 0.05) is 24.7 Å². The van der Waals surface area contributed by atoms with E-state index >= 15 is 0 Å². The summed E-state index contributed by atoms with van der Waals surface area (Å²) >= 11 is 0. The number of benzene rings is 1. The third kappa shape index (κ3) is 3.47. The number of nitrogens with zero attached hydrogens (tertiary/aromatic N) is 2. The zero-order valence-corrected chi connectivity index (χ0v) is 9.60. The molecule has 0 aliphatic rings. The van der Waals surface area contributed by atoms with E-state index in [9.17, 15) is 14.5 Å². The lowest BCUT2D eigenvalue weighted by atomic mass is 10.1. The van der Waals surface area contributed by atoms with E-state index in [0.717, 1.165) is 6.07 Å². The van der Waals surface area contributed by atoms with Crippen LogP contribution in [0.3, 0.4) is 0 Å². The van der Waals surface area contributed by atoms with E-state index in [1.54, 1.807) is 0 Å². The molecule has 0 spiro atoms. The zero-order chi connectivity index (χ0) is 12.8. The summed E-state index contributed by atoms with van der Waals surface area (Å²) in [4.78, 5) is 11.6. The van der Waals surface area contributed by atoms with E-state index in [-0.39, 0.29) is 18.7 Å². The van der Waals surface area contributed by atoms with E-state index in [2.05, 4.69) is 0 Å². The normalized spacial score (nSPS) is 10.8. The number of aliphatic hydroxyl groups is 1. The van der Waals surface area contributed by atoms with E-state index in [1.807, 2.05) is 11.8 Å². The summed E-state index contributed by atoms with van der Waals surface area (Å²) in [5.41, 5.74) is -0.239. The Hall–Kier alpha value is -1.53. The molecule has 1 N–H and O–H groups in total. The van der Waals surface area contributed by atoms with Crippen LogP contribution in [-0.4, -0.2) is 34.6 Å². The fraction of sp³-hybridized carbons (Fsp3) is 0.455. The van der Waals surface area contributed by atoms with E-state index in [4.69, 9.17) is 5.11 Å². The molecule has 0 aliphatic carbocycles. The second kappa shape index (κ2) is 6.27. The van der Waals surface area contributed by atoms with Gasteiger partial charge in [0.15, 0.2) is 0 Å². The van der Waals surface area contributed by atoms with Crippen LogP contribution in [0.5, 0.6) is 0 Å². The Balaban J connectivity index is 2.91. The lowest BCUT2D eigenvalue weighted by molar-refractivity contribution is -0.387.